The molecule has 20 heavy (non-hydrogen) atoms. The lowest BCUT2D eigenvalue weighted by molar-refractivity contribution is 0.0920. The van der Waals surface area contributed by atoms with E-state index in [0.29, 0.717) is 16.9 Å². The van der Waals surface area contributed by atoms with Gasteiger partial charge in [0, 0.05) is 15.6 Å². The quantitative estimate of drug-likeness (QED) is 0.855. The van der Waals surface area contributed by atoms with Gasteiger partial charge in [0.15, 0.2) is 12.4 Å². The van der Waals surface area contributed by atoms with Crippen molar-refractivity contribution in [3.63, 3.8) is 0 Å². The molecule has 0 saturated carbocycles. The smallest absolute Gasteiger partial charge is 0.248 e. The highest BCUT2D eigenvalue weighted by Crippen LogP contribution is 2.14. The maximum Gasteiger partial charge on any atom is 0.248 e. The van der Waals surface area contributed by atoms with Gasteiger partial charge in [-0.3, -0.25) is 9.59 Å². The largest absolute Gasteiger partial charge is 0.485 e. The van der Waals surface area contributed by atoms with Crippen LogP contribution in [0.25, 0.3) is 0 Å². The zero-order valence-corrected chi connectivity index (χ0v) is 12.1. The Morgan fingerprint density at radius 3 is 2.05 bits per heavy atom. The molecule has 0 unspecified atom stereocenters. The Labute approximate surface area is 124 Å². The van der Waals surface area contributed by atoms with Gasteiger partial charge in [0.25, 0.3) is 0 Å². The molecule has 0 aliphatic carbocycles. The molecule has 0 radical (unpaired) electrons. The van der Waals surface area contributed by atoms with Gasteiger partial charge in [-0.2, -0.15) is 0 Å². The monoisotopic (exact) mass is 333 g/mol. The Hall–Kier alpha value is -2.14. The van der Waals surface area contributed by atoms with Crippen LogP contribution < -0.4 is 10.5 Å². The maximum atomic E-state index is 11.9. The molecule has 4 nitrogen and oxygen atoms in total. The molecule has 102 valence electrons. The van der Waals surface area contributed by atoms with Gasteiger partial charge in [0.05, 0.1) is 0 Å². The fourth-order valence-corrected chi connectivity index (χ4v) is 1.85. The van der Waals surface area contributed by atoms with E-state index in [4.69, 9.17) is 10.5 Å². The van der Waals surface area contributed by atoms with Crippen molar-refractivity contribution in [3.05, 3.63) is 64.1 Å². The van der Waals surface area contributed by atoms with Gasteiger partial charge < -0.3 is 10.5 Å². The summed E-state index contributed by atoms with van der Waals surface area (Å²) in [5.74, 6) is -0.0978. The minimum atomic E-state index is -0.498. The number of primary amides is 1. The van der Waals surface area contributed by atoms with E-state index in [1.165, 1.54) is 0 Å². The second kappa shape index (κ2) is 6.34. The maximum absolute atomic E-state index is 11.9. The van der Waals surface area contributed by atoms with Crippen LogP contribution in [0.1, 0.15) is 20.7 Å². The Balaban J connectivity index is 1.96. The summed E-state index contributed by atoms with van der Waals surface area (Å²) in [7, 11) is 0. The molecule has 1 amide bonds. The highest BCUT2D eigenvalue weighted by atomic mass is 79.9. The summed E-state index contributed by atoms with van der Waals surface area (Å²) in [6.45, 7) is -0.0580. The summed E-state index contributed by atoms with van der Waals surface area (Å²) < 4.78 is 6.29. The van der Waals surface area contributed by atoms with Crippen LogP contribution in [0.4, 0.5) is 0 Å². The number of carbonyl (C=O) groups is 2. The molecular weight excluding hydrogens is 322 g/mol. The zero-order valence-electron chi connectivity index (χ0n) is 10.5. The van der Waals surface area contributed by atoms with Crippen LogP contribution in [-0.4, -0.2) is 18.3 Å². The summed E-state index contributed by atoms with van der Waals surface area (Å²) in [4.78, 5) is 22.8. The van der Waals surface area contributed by atoms with Gasteiger partial charge in [-0.1, -0.05) is 28.1 Å². The van der Waals surface area contributed by atoms with Crippen molar-refractivity contribution in [1.82, 2.24) is 0 Å². The van der Waals surface area contributed by atoms with Crippen molar-refractivity contribution >= 4 is 27.6 Å². The van der Waals surface area contributed by atoms with Crippen molar-refractivity contribution in [1.29, 1.82) is 0 Å². The van der Waals surface area contributed by atoms with Gasteiger partial charge in [-0.05, 0) is 36.4 Å². The van der Waals surface area contributed by atoms with E-state index >= 15 is 0 Å². The summed E-state index contributed by atoms with van der Waals surface area (Å²) in [6.07, 6.45) is 0. The molecule has 2 aromatic rings. The zero-order chi connectivity index (χ0) is 14.5. The Bertz CT molecular complexity index is 621. The van der Waals surface area contributed by atoms with Gasteiger partial charge in [0.2, 0.25) is 5.91 Å². The number of benzene rings is 2. The normalized spacial score (nSPS) is 10.1. The second-order valence-corrected chi connectivity index (χ2v) is 5.02. The van der Waals surface area contributed by atoms with Crippen molar-refractivity contribution in [2.45, 2.75) is 0 Å². The number of ether oxygens (including phenoxy) is 1. The van der Waals surface area contributed by atoms with Crippen LogP contribution in [0.15, 0.2) is 53.0 Å². The first-order valence-corrected chi connectivity index (χ1v) is 6.67. The lowest BCUT2D eigenvalue weighted by Gasteiger charge is -2.06. The van der Waals surface area contributed by atoms with E-state index < -0.39 is 5.91 Å². The van der Waals surface area contributed by atoms with Crippen molar-refractivity contribution < 1.29 is 14.3 Å². The van der Waals surface area contributed by atoms with E-state index in [1.807, 2.05) is 0 Å². The summed E-state index contributed by atoms with van der Waals surface area (Å²) in [5.41, 5.74) is 6.12. The molecule has 0 saturated heterocycles. The number of rotatable bonds is 5. The average molecular weight is 334 g/mol. The van der Waals surface area contributed by atoms with Crippen LogP contribution in [0.2, 0.25) is 0 Å². The molecule has 0 aliphatic heterocycles. The average Bonchev–Trinajstić information content (AvgIpc) is 2.46. The first kappa shape index (κ1) is 14.3. The number of amides is 1. The Kier molecular flexibility index (Phi) is 4.53. The fourth-order valence-electron chi connectivity index (χ4n) is 1.58. The summed E-state index contributed by atoms with van der Waals surface area (Å²) in [5, 5.41) is 0. The lowest BCUT2D eigenvalue weighted by atomic mass is 10.1. The number of halogens is 1. The van der Waals surface area contributed by atoms with Gasteiger partial charge in [-0.15, -0.1) is 0 Å². The van der Waals surface area contributed by atoms with Crippen LogP contribution >= 0.6 is 15.9 Å². The van der Waals surface area contributed by atoms with E-state index in [9.17, 15) is 9.59 Å². The number of nitrogens with two attached hydrogens (primary N) is 1. The number of hydrogen-bond acceptors (Lipinski definition) is 3. The van der Waals surface area contributed by atoms with Crippen LogP contribution in [0.3, 0.4) is 0 Å². The molecule has 2 aromatic carbocycles. The van der Waals surface area contributed by atoms with Crippen molar-refractivity contribution in [3.8, 4) is 5.75 Å². The molecular formula is C15H12BrNO3. The molecule has 0 fully saturated rings. The third-order valence-electron chi connectivity index (χ3n) is 2.67. The predicted molar refractivity (Wildman–Crippen MR) is 78.9 cm³/mol. The lowest BCUT2D eigenvalue weighted by Crippen LogP contribution is -2.12. The highest BCUT2D eigenvalue weighted by Gasteiger charge is 2.07. The van der Waals surface area contributed by atoms with Crippen LogP contribution in [0, 0.1) is 0 Å². The van der Waals surface area contributed by atoms with E-state index in [1.54, 1.807) is 48.5 Å². The second-order valence-electron chi connectivity index (χ2n) is 4.11. The van der Waals surface area contributed by atoms with Gasteiger partial charge in [0.1, 0.15) is 5.75 Å². The fraction of sp³-hybridized carbons (Fsp3) is 0.0667. The van der Waals surface area contributed by atoms with Gasteiger partial charge >= 0.3 is 0 Å². The van der Waals surface area contributed by atoms with E-state index in [0.717, 1.165) is 4.47 Å². The molecule has 0 spiro atoms. The number of Topliss-reactive ketones (excluding diaryl/α,β-unsaturated/α-hetero) is 1. The first-order valence-electron chi connectivity index (χ1n) is 5.87. The van der Waals surface area contributed by atoms with Crippen LogP contribution in [-0.2, 0) is 0 Å². The van der Waals surface area contributed by atoms with Crippen LogP contribution in [0.5, 0.6) is 5.75 Å². The molecule has 2 rings (SSSR count). The minimum absolute atomic E-state index is 0.0580. The molecule has 5 heteroatoms. The molecule has 0 atom stereocenters. The van der Waals surface area contributed by atoms with Gasteiger partial charge in [-0.25, -0.2) is 0 Å². The van der Waals surface area contributed by atoms with Crippen molar-refractivity contribution in [2.24, 2.45) is 5.73 Å². The number of ketones is 1. The standard InChI is InChI=1S/C15H12BrNO3/c16-12-5-1-10(2-6-12)14(18)9-20-13-7-3-11(4-8-13)15(17)19/h1-8H,9H2,(H2,17,19). The molecule has 0 heterocycles. The third-order valence-corrected chi connectivity index (χ3v) is 3.20. The van der Waals surface area contributed by atoms with Crippen molar-refractivity contribution in [2.75, 3.05) is 6.61 Å². The Morgan fingerprint density at radius 1 is 0.950 bits per heavy atom. The first-order chi connectivity index (χ1) is 9.56. The molecule has 2 N–H and O–H groups in total. The minimum Gasteiger partial charge on any atom is -0.485 e. The molecule has 0 bridgehead atoms. The SMILES string of the molecule is NC(=O)c1ccc(OCC(=O)c2ccc(Br)cc2)cc1. The molecule has 0 aromatic heterocycles. The topological polar surface area (TPSA) is 69.4 Å². The molecule has 0 aliphatic rings. The third kappa shape index (κ3) is 3.68. The summed E-state index contributed by atoms with van der Waals surface area (Å²) >= 11 is 3.31. The highest BCUT2D eigenvalue weighted by molar-refractivity contribution is 9.10. The predicted octanol–water partition coefficient (Wildman–Crippen LogP) is 2.81. The number of carbonyl (C=O) groups excluding carboxylic acids is 2. The van der Waals surface area contributed by atoms with E-state index in [-0.39, 0.29) is 12.4 Å². The Morgan fingerprint density at radius 2 is 1.50 bits per heavy atom. The number of hydrogen-bond donors (Lipinski definition) is 1. The van der Waals surface area contributed by atoms with E-state index in [2.05, 4.69) is 15.9 Å². The summed E-state index contributed by atoms with van der Waals surface area (Å²) in [6, 6.07) is 13.4.